The molecular formula is C23H29O3. The lowest BCUT2D eigenvalue weighted by atomic mass is 9.63. The summed E-state index contributed by atoms with van der Waals surface area (Å²) >= 11 is 0. The smallest absolute Gasteiger partial charge is 0.123 e. The topological polar surface area (TPSA) is 49.7 Å². The first-order chi connectivity index (χ1) is 12.1. The molecule has 3 nitrogen and oxygen atoms in total. The van der Waals surface area contributed by atoms with Crippen LogP contribution in [-0.2, 0) is 10.8 Å². The number of ether oxygens (including phenoxy) is 1. The van der Waals surface area contributed by atoms with Crippen LogP contribution in [0, 0.1) is 6.92 Å². The summed E-state index contributed by atoms with van der Waals surface area (Å²) in [6.07, 6.45) is 1.59. The van der Waals surface area contributed by atoms with Gasteiger partial charge in [-0.15, -0.1) is 0 Å². The van der Waals surface area contributed by atoms with E-state index in [1.165, 1.54) is 23.6 Å². The minimum Gasteiger partial charge on any atom is -0.508 e. The number of benzene rings is 2. The van der Waals surface area contributed by atoms with Crippen LogP contribution in [0.4, 0.5) is 0 Å². The molecule has 0 aromatic heterocycles. The zero-order valence-corrected chi connectivity index (χ0v) is 16.2. The number of fused-ring (bicyclic) bond motifs is 1. The SMILES string of the molecule is [CH2]c1ccc(OCC(O)c2ccc3c(c2)C(C)(C)CCC3(C)C)cc1O. The molecule has 1 aliphatic rings. The molecule has 0 saturated heterocycles. The molecule has 1 unspecified atom stereocenters. The van der Waals surface area contributed by atoms with E-state index < -0.39 is 6.10 Å². The maximum atomic E-state index is 10.6. The molecule has 26 heavy (non-hydrogen) atoms. The van der Waals surface area contributed by atoms with Crippen LogP contribution in [0.2, 0.25) is 0 Å². The van der Waals surface area contributed by atoms with Gasteiger partial charge in [0.05, 0.1) is 0 Å². The van der Waals surface area contributed by atoms with Crippen LogP contribution in [0.5, 0.6) is 11.5 Å². The van der Waals surface area contributed by atoms with Crippen molar-refractivity contribution in [2.45, 2.75) is 57.5 Å². The Morgan fingerprint density at radius 1 is 1.00 bits per heavy atom. The molecule has 139 valence electrons. The van der Waals surface area contributed by atoms with Crippen LogP contribution < -0.4 is 4.74 Å². The Balaban J connectivity index is 1.80. The number of phenolic OH excluding ortho intramolecular Hbond substituents is 1. The quantitative estimate of drug-likeness (QED) is 0.810. The van der Waals surface area contributed by atoms with Crippen LogP contribution in [0.25, 0.3) is 0 Å². The highest BCUT2D eigenvalue weighted by molar-refractivity contribution is 5.44. The summed E-state index contributed by atoms with van der Waals surface area (Å²) in [4.78, 5) is 0. The van der Waals surface area contributed by atoms with Crippen molar-refractivity contribution in [2.24, 2.45) is 0 Å². The molecule has 0 aliphatic heterocycles. The molecule has 0 spiro atoms. The van der Waals surface area contributed by atoms with Gasteiger partial charge >= 0.3 is 0 Å². The second-order valence-corrected chi connectivity index (χ2v) is 8.69. The third kappa shape index (κ3) is 3.59. The first-order valence-electron chi connectivity index (χ1n) is 9.21. The first-order valence-corrected chi connectivity index (χ1v) is 9.21. The van der Waals surface area contributed by atoms with Gasteiger partial charge in [0.25, 0.3) is 0 Å². The molecule has 2 aromatic carbocycles. The standard InChI is InChI=1S/C23H29O3/c1-15-6-8-17(13-20(15)24)26-14-21(25)16-7-9-18-19(12-16)23(4,5)11-10-22(18,2)3/h6-9,12-13,21,24-25H,1,10-11,14H2,2-5H3. The predicted octanol–water partition coefficient (Wildman–Crippen LogP) is 5.04. The zero-order valence-electron chi connectivity index (χ0n) is 16.2. The molecule has 1 radical (unpaired) electrons. The Hall–Kier alpha value is -2.00. The van der Waals surface area contributed by atoms with Gasteiger partial charge in [-0.25, -0.2) is 0 Å². The summed E-state index contributed by atoms with van der Waals surface area (Å²) in [5, 5.41) is 20.3. The molecule has 0 fully saturated rings. The van der Waals surface area contributed by atoms with Gasteiger partial charge < -0.3 is 14.9 Å². The Kier molecular flexibility index (Phi) is 4.78. The molecule has 2 N–H and O–H groups in total. The van der Waals surface area contributed by atoms with Gasteiger partial charge in [0.2, 0.25) is 0 Å². The van der Waals surface area contributed by atoms with Gasteiger partial charge in [-0.2, -0.15) is 0 Å². The van der Waals surface area contributed by atoms with Gasteiger partial charge in [0, 0.05) is 6.07 Å². The maximum Gasteiger partial charge on any atom is 0.123 e. The maximum absolute atomic E-state index is 10.6. The van der Waals surface area contributed by atoms with E-state index in [4.69, 9.17) is 4.74 Å². The number of aromatic hydroxyl groups is 1. The first kappa shape index (κ1) is 18.8. The van der Waals surface area contributed by atoms with Crippen molar-refractivity contribution in [2.75, 3.05) is 6.61 Å². The minimum absolute atomic E-state index is 0.0924. The van der Waals surface area contributed by atoms with E-state index in [-0.39, 0.29) is 23.2 Å². The summed E-state index contributed by atoms with van der Waals surface area (Å²) in [7, 11) is 0. The van der Waals surface area contributed by atoms with Gasteiger partial charge in [-0.1, -0.05) is 52.0 Å². The van der Waals surface area contributed by atoms with Crippen LogP contribution in [-0.4, -0.2) is 16.8 Å². The van der Waals surface area contributed by atoms with E-state index in [0.717, 1.165) is 12.0 Å². The lowest BCUT2D eigenvalue weighted by Crippen LogP contribution is -2.34. The Labute approximate surface area is 156 Å². The van der Waals surface area contributed by atoms with E-state index in [0.29, 0.717) is 11.3 Å². The normalized spacial score (nSPS) is 18.8. The van der Waals surface area contributed by atoms with Crippen LogP contribution in [0.3, 0.4) is 0 Å². The fourth-order valence-electron chi connectivity index (χ4n) is 3.72. The minimum atomic E-state index is -0.720. The molecule has 0 heterocycles. The number of phenols is 1. The van der Waals surface area contributed by atoms with Gasteiger partial charge in [0.15, 0.2) is 0 Å². The van der Waals surface area contributed by atoms with Crippen LogP contribution in [0.1, 0.15) is 68.9 Å². The fourth-order valence-corrected chi connectivity index (χ4v) is 3.72. The van der Waals surface area contributed by atoms with E-state index >= 15 is 0 Å². The van der Waals surface area contributed by atoms with Crippen molar-refractivity contribution in [3.05, 3.63) is 65.6 Å². The Bertz CT molecular complexity index is 805. The molecular weight excluding hydrogens is 324 g/mol. The number of aliphatic hydroxyl groups excluding tert-OH is 1. The van der Waals surface area contributed by atoms with Crippen molar-refractivity contribution < 1.29 is 14.9 Å². The average molecular weight is 353 g/mol. The molecule has 1 atom stereocenters. The summed E-state index contributed by atoms with van der Waals surface area (Å²) in [5.41, 5.74) is 4.39. The van der Waals surface area contributed by atoms with Crippen molar-refractivity contribution >= 4 is 0 Å². The lowest BCUT2D eigenvalue weighted by molar-refractivity contribution is 0.108. The van der Waals surface area contributed by atoms with E-state index in [1.54, 1.807) is 12.1 Å². The van der Waals surface area contributed by atoms with E-state index in [2.05, 4.69) is 46.8 Å². The summed E-state index contributed by atoms with van der Waals surface area (Å²) < 4.78 is 5.66. The van der Waals surface area contributed by atoms with Crippen molar-refractivity contribution in [3.8, 4) is 11.5 Å². The average Bonchev–Trinajstić information content (AvgIpc) is 2.59. The molecule has 0 amide bonds. The predicted molar refractivity (Wildman–Crippen MR) is 105 cm³/mol. The number of aliphatic hydroxyl groups is 1. The molecule has 2 aromatic rings. The monoisotopic (exact) mass is 353 g/mol. The third-order valence-corrected chi connectivity index (χ3v) is 5.73. The number of hydrogen-bond acceptors (Lipinski definition) is 3. The summed E-state index contributed by atoms with van der Waals surface area (Å²) in [6.45, 7) is 13.0. The largest absolute Gasteiger partial charge is 0.508 e. The molecule has 3 rings (SSSR count). The van der Waals surface area contributed by atoms with Crippen molar-refractivity contribution in [3.63, 3.8) is 0 Å². The summed E-state index contributed by atoms with van der Waals surface area (Å²) in [5.74, 6) is 0.614. The highest BCUT2D eigenvalue weighted by Crippen LogP contribution is 2.46. The number of rotatable bonds is 4. The van der Waals surface area contributed by atoms with Crippen molar-refractivity contribution in [1.29, 1.82) is 0 Å². The molecule has 1 aliphatic carbocycles. The molecule has 0 bridgehead atoms. The highest BCUT2D eigenvalue weighted by atomic mass is 16.5. The number of hydrogen-bond donors (Lipinski definition) is 2. The Morgan fingerprint density at radius 2 is 1.65 bits per heavy atom. The van der Waals surface area contributed by atoms with Crippen LogP contribution in [0.15, 0.2) is 36.4 Å². The van der Waals surface area contributed by atoms with Gasteiger partial charge in [-0.3, -0.25) is 0 Å². The third-order valence-electron chi connectivity index (χ3n) is 5.73. The molecule has 0 saturated carbocycles. The zero-order chi connectivity index (χ0) is 19.1. The van der Waals surface area contributed by atoms with E-state index in [9.17, 15) is 10.2 Å². The van der Waals surface area contributed by atoms with Crippen molar-refractivity contribution in [1.82, 2.24) is 0 Å². The lowest BCUT2D eigenvalue weighted by Gasteiger charge is -2.42. The second kappa shape index (κ2) is 6.62. The summed E-state index contributed by atoms with van der Waals surface area (Å²) in [6, 6.07) is 11.3. The van der Waals surface area contributed by atoms with Gasteiger partial charge in [0.1, 0.15) is 24.2 Å². The van der Waals surface area contributed by atoms with Gasteiger partial charge in [-0.05, 0) is 58.9 Å². The fraction of sp³-hybridized carbons (Fsp3) is 0.435. The second-order valence-electron chi connectivity index (χ2n) is 8.69. The van der Waals surface area contributed by atoms with Crippen LogP contribution >= 0.6 is 0 Å². The van der Waals surface area contributed by atoms with E-state index in [1.807, 2.05) is 6.07 Å². The highest BCUT2D eigenvalue weighted by Gasteiger charge is 2.37. The molecule has 3 heteroatoms. The Morgan fingerprint density at radius 3 is 2.31 bits per heavy atom.